The van der Waals surface area contributed by atoms with Crippen molar-refractivity contribution in [3.8, 4) is 11.5 Å². The Morgan fingerprint density at radius 1 is 1.47 bits per heavy atom. The molecule has 0 aliphatic carbocycles. The Morgan fingerprint density at radius 2 is 2.35 bits per heavy atom. The highest BCUT2D eigenvalue weighted by molar-refractivity contribution is 5.51. The Hall–Kier alpha value is -1.69. The molecule has 17 heavy (non-hydrogen) atoms. The molecular formula is C11H14N4O2. The van der Waals surface area contributed by atoms with Crippen LogP contribution < -0.4 is 0 Å². The van der Waals surface area contributed by atoms with Crippen molar-refractivity contribution in [3.63, 3.8) is 0 Å². The Kier molecular flexibility index (Phi) is 2.44. The highest BCUT2D eigenvalue weighted by Crippen LogP contribution is 2.28. The summed E-state index contributed by atoms with van der Waals surface area (Å²) < 4.78 is 12.8. The molecule has 0 saturated carbocycles. The molecule has 0 radical (unpaired) electrons. The van der Waals surface area contributed by atoms with Crippen molar-refractivity contribution in [3.05, 3.63) is 18.0 Å². The fourth-order valence-electron chi connectivity index (χ4n) is 2.15. The van der Waals surface area contributed by atoms with Crippen LogP contribution in [0.25, 0.3) is 11.5 Å². The zero-order valence-electron chi connectivity index (χ0n) is 9.88. The summed E-state index contributed by atoms with van der Waals surface area (Å²) in [5, 5.41) is 8.37. The van der Waals surface area contributed by atoms with Crippen LogP contribution in [-0.2, 0) is 11.3 Å². The lowest BCUT2D eigenvalue weighted by Crippen LogP contribution is -2.24. The third-order valence-electron chi connectivity index (χ3n) is 3.10. The lowest BCUT2D eigenvalue weighted by molar-refractivity contribution is 0.0542. The normalized spacial score (nSPS) is 19.3. The van der Waals surface area contributed by atoms with Crippen LogP contribution in [0, 0.1) is 6.92 Å². The number of hydrogen-bond donors (Lipinski definition) is 0. The van der Waals surface area contributed by atoms with E-state index < -0.39 is 0 Å². The monoisotopic (exact) mass is 234 g/mol. The SMILES string of the molecule is CCC1COCc2nnc(-c3ncoc3C)n21. The van der Waals surface area contributed by atoms with E-state index in [-0.39, 0.29) is 6.04 Å². The Morgan fingerprint density at radius 3 is 3.06 bits per heavy atom. The Labute approximate surface area is 98.6 Å². The minimum absolute atomic E-state index is 0.278. The average Bonchev–Trinajstić information content (AvgIpc) is 2.94. The molecule has 6 heteroatoms. The van der Waals surface area contributed by atoms with Crippen molar-refractivity contribution in [2.24, 2.45) is 0 Å². The number of ether oxygens (including phenoxy) is 1. The van der Waals surface area contributed by atoms with Crippen molar-refractivity contribution < 1.29 is 9.15 Å². The van der Waals surface area contributed by atoms with Crippen LogP contribution in [0.15, 0.2) is 10.8 Å². The van der Waals surface area contributed by atoms with E-state index in [1.165, 1.54) is 6.39 Å². The van der Waals surface area contributed by atoms with E-state index in [2.05, 4.69) is 26.7 Å². The zero-order valence-corrected chi connectivity index (χ0v) is 9.88. The van der Waals surface area contributed by atoms with Gasteiger partial charge < -0.3 is 13.7 Å². The molecular weight excluding hydrogens is 220 g/mol. The molecule has 0 bridgehead atoms. The second-order valence-electron chi connectivity index (χ2n) is 4.14. The number of rotatable bonds is 2. The van der Waals surface area contributed by atoms with Gasteiger partial charge in [0.1, 0.15) is 18.1 Å². The predicted octanol–water partition coefficient (Wildman–Crippen LogP) is 1.72. The zero-order chi connectivity index (χ0) is 11.8. The van der Waals surface area contributed by atoms with Gasteiger partial charge >= 0.3 is 0 Å². The molecule has 1 aliphatic heterocycles. The van der Waals surface area contributed by atoms with Gasteiger partial charge in [-0.3, -0.25) is 0 Å². The number of oxazole rings is 1. The van der Waals surface area contributed by atoms with E-state index in [4.69, 9.17) is 9.15 Å². The van der Waals surface area contributed by atoms with E-state index in [0.717, 1.165) is 29.5 Å². The smallest absolute Gasteiger partial charge is 0.186 e. The third-order valence-corrected chi connectivity index (χ3v) is 3.10. The maximum absolute atomic E-state index is 5.49. The first kappa shape index (κ1) is 10.5. The van der Waals surface area contributed by atoms with Gasteiger partial charge in [-0.15, -0.1) is 10.2 Å². The number of nitrogens with zero attached hydrogens (tertiary/aromatic N) is 4. The summed E-state index contributed by atoms with van der Waals surface area (Å²) in [5.41, 5.74) is 0.768. The summed E-state index contributed by atoms with van der Waals surface area (Å²) in [4.78, 5) is 4.20. The third kappa shape index (κ3) is 1.56. The number of fused-ring (bicyclic) bond motifs is 1. The van der Waals surface area contributed by atoms with Gasteiger partial charge in [0.15, 0.2) is 18.0 Å². The first-order valence-corrected chi connectivity index (χ1v) is 5.73. The van der Waals surface area contributed by atoms with E-state index in [1.807, 2.05) is 6.92 Å². The van der Waals surface area contributed by atoms with E-state index in [0.29, 0.717) is 13.2 Å². The Bertz CT molecular complexity index is 531. The van der Waals surface area contributed by atoms with Gasteiger partial charge in [0.2, 0.25) is 0 Å². The molecule has 1 unspecified atom stereocenters. The molecule has 3 heterocycles. The Balaban J connectivity index is 2.13. The molecule has 0 fully saturated rings. The molecule has 1 aliphatic rings. The van der Waals surface area contributed by atoms with Crippen LogP contribution in [-0.4, -0.2) is 26.4 Å². The summed E-state index contributed by atoms with van der Waals surface area (Å²) in [7, 11) is 0. The fourth-order valence-corrected chi connectivity index (χ4v) is 2.15. The van der Waals surface area contributed by atoms with E-state index >= 15 is 0 Å². The first-order valence-electron chi connectivity index (χ1n) is 5.73. The van der Waals surface area contributed by atoms with Crippen molar-refractivity contribution in [2.45, 2.75) is 32.9 Å². The highest BCUT2D eigenvalue weighted by atomic mass is 16.5. The van der Waals surface area contributed by atoms with Gasteiger partial charge in [-0.25, -0.2) is 4.98 Å². The largest absolute Gasteiger partial charge is 0.448 e. The first-order chi connectivity index (χ1) is 8.31. The molecule has 0 aromatic carbocycles. The minimum Gasteiger partial charge on any atom is -0.448 e. The molecule has 3 rings (SSSR count). The molecule has 2 aromatic rings. The topological polar surface area (TPSA) is 66.0 Å². The maximum atomic E-state index is 5.49. The van der Waals surface area contributed by atoms with Gasteiger partial charge in [0.25, 0.3) is 0 Å². The van der Waals surface area contributed by atoms with Gasteiger partial charge in [-0.05, 0) is 13.3 Å². The number of hydrogen-bond acceptors (Lipinski definition) is 5. The molecule has 0 spiro atoms. The van der Waals surface area contributed by atoms with Crippen molar-refractivity contribution in [2.75, 3.05) is 6.61 Å². The lowest BCUT2D eigenvalue weighted by atomic mass is 10.2. The molecule has 1 atom stereocenters. The molecule has 0 saturated heterocycles. The maximum Gasteiger partial charge on any atom is 0.186 e. The number of aromatic nitrogens is 4. The van der Waals surface area contributed by atoms with Gasteiger partial charge in [-0.1, -0.05) is 6.92 Å². The van der Waals surface area contributed by atoms with Crippen LogP contribution >= 0.6 is 0 Å². The number of aryl methyl sites for hydroxylation is 1. The summed E-state index contributed by atoms with van der Waals surface area (Å²) in [6, 6.07) is 0.278. The van der Waals surface area contributed by atoms with Crippen LogP contribution in [0.4, 0.5) is 0 Å². The molecule has 0 N–H and O–H groups in total. The van der Waals surface area contributed by atoms with Crippen molar-refractivity contribution in [1.82, 2.24) is 19.7 Å². The molecule has 2 aromatic heterocycles. The van der Waals surface area contributed by atoms with Crippen molar-refractivity contribution >= 4 is 0 Å². The summed E-state index contributed by atoms with van der Waals surface area (Å²) in [6.45, 7) is 5.22. The van der Waals surface area contributed by atoms with Crippen LogP contribution in [0.1, 0.15) is 31.0 Å². The average molecular weight is 234 g/mol. The lowest BCUT2D eigenvalue weighted by Gasteiger charge is -2.24. The second kappa shape index (κ2) is 3.96. The van der Waals surface area contributed by atoms with E-state index in [9.17, 15) is 0 Å². The van der Waals surface area contributed by atoms with Crippen molar-refractivity contribution in [1.29, 1.82) is 0 Å². The van der Waals surface area contributed by atoms with Crippen LogP contribution in [0.5, 0.6) is 0 Å². The van der Waals surface area contributed by atoms with E-state index in [1.54, 1.807) is 0 Å². The summed E-state index contributed by atoms with van der Waals surface area (Å²) in [6.07, 6.45) is 2.42. The van der Waals surface area contributed by atoms with Gasteiger partial charge in [0, 0.05) is 0 Å². The summed E-state index contributed by atoms with van der Waals surface area (Å²) >= 11 is 0. The molecule has 0 amide bonds. The second-order valence-corrected chi connectivity index (χ2v) is 4.14. The molecule has 6 nitrogen and oxygen atoms in total. The standard InChI is InChI=1S/C11H14N4O2/c1-3-8-4-16-5-9-13-14-11(15(8)9)10-7(2)17-6-12-10/h6,8H,3-5H2,1-2H3. The predicted molar refractivity (Wildman–Crippen MR) is 59.2 cm³/mol. The van der Waals surface area contributed by atoms with Gasteiger partial charge in [0.05, 0.1) is 12.6 Å². The van der Waals surface area contributed by atoms with Crippen LogP contribution in [0.2, 0.25) is 0 Å². The summed E-state index contributed by atoms with van der Waals surface area (Å²) in [5.74, 6) is 2.41. The minimum atomic E-state index is 0.278. The fraction of sp³-hybridized carbons (Fsp3) is 0.545. The quantitative estimate of drug-likeness (QED) is 0.791. The van der Waals surface area contributed by atoms with Gasteiger partial charge in [-0.2, -0.15) is 0 Å². The van der Waals surface area contributed by atoms with Crippen LogP contribution in [0.3, 0.4) is 0 Å². The highest BCUT2D eigenvalue weighted by Gasteiger charge is 2.26. The molecule has 90 valence electrons.